The molecule has 0 radical (unpaired) electrons. The van der Waals surface area contributed by atoms with E-state index in [4.69, 9.17) is 0 Å². The standard InChI is InChI=1S/C22H28N4O7S2/c1-2-3-7-12-23-22(29)18(24-34(30,31)17-8-5-4-6-9-17)13-16-10-11-19(20(27)14-16)26-15-21(28)25-35(26,32)33/h4-6,8-11,14-15,18,24-25,27-28H,2-3,7,12-13H2,1H3,(H,23,29)/t18-/m0/s1. The van der Waals surface area contributed by atoms with Gasteiger partial charge in [0.1, 0.15) is 17.5 Å². The van der Waals surface area contributed by atoms with E-state index in [2.05, 4.69) is 10.0 Å². The lowest BCUT2D eigenvalue weighted by atomic mass is 10.0. The first kappa shape index (κ1) is 26.3. The molecule has 13 heteroatoms. The third-order valence-corrected chi connectivity index (χ3v) is 7.97. The SMILES string of the molecule is CCCCCNC(=O)[C@H](Cc1ccc(N2C=C(O)NS2(=O)=O)c(O)c1)NS(=O)(=O)c1ccccc1. The summed E-state index contributed by atoms with van der Waals surface area (Å²) in [5.41, 5.74) is 0.254. The molecule has 0 unspecified atom stereocenters. The Hall–Kier alpha value is -3.29. The van der Waals surface area contributed by atoms with Crippen molar-refractivity contribution in [3.8, 4) is 5.75 Å². The molecule has 1 atom stereocenters. The van der Waals surface area contributed by atoms with Gasteiger partial charge < -0.3 is 15.5 Å². The molecule has 1 aliphatic heterocycles. The summed E-state index contributed by atoms with van der Waals surface area (Å²) >= 11 is 0. The van der Waals surface area contributed by atoms with Crippen LogP contribution in [0.3, 0.4) is 0 Å². The Labute approximate surface area is 204 Å². The normalized spacial score (nSPS) is 15.8. The van der Waals surface area contributed by atoms with E-state index >= 15 is 0 Å². The van der Waals surface area contributed by atoms with Gasteiger partial charge in [-0.25, -0.2) is 17.4 Å². The van der Waals surface area contributed by atoms with Gasteiger partial charge in [-0.1, -0.05) is 44.0 Å². The van der Waals surface area contributed by atoms with Gasteiger partial charge in [0.05, 0.1) is 11.1 Å². The number of carbonyl (C=O) groups is 1. The molecule has 0 fully saturated rings. The summed E-state index contributed by atoms with van der Waals surface area (Å²) < 4.78 is 54.8. The van der Waals surface area contributed by atoms with Crippen LogP contribution in [0.2, 0.25) is 0 Å². The number of anilines is 1. The van der Waals surface area contributed by atoms with Gasteiger partial charge in [-0.2, -0.15) is 13.1 Å². The summed E-state index contributed by atoms with van der Waals surface area (Å²) in [4.78, 5) is 12.9. The zero-order valence-corrected chi connectivity index (χ0v) is 20.6. The van der Waals surface area contributed by atoms with E-state index in [9.17, 15) is 31.8 Å². The number of carbonyl (C=O) groups excluding carboxylic acids is 1. The number of aromatic hydroxyl groups is 1. The second-order valence-corrected chi connectivity index (χ2v) is 11.2. The Balaban J connectivity index is 1.84. The minimum absolute atomic E-state index is 0.000290. The molecule has 11 nitrogen and oxygen atoms in total. The van der Waals surface area contributed by atoms with Gasteiger partial charge in [0.15, 0.2) is 0 Å². The van der Waals surface area contributed by atoms with E-state index in [0.29, 0.717) is 16.4 Å². The Morgan fingerprint density at radius 2 is 1.83 bits per heavy atom. The number of aliphatic hydroxyl groups excluding tert-OH is 1. The highest BCUT2D eigenvalue weighted by atomic mass is 32.2. The van der Waals surface area contributed by atoms with E-state index in [0.717, 1.165) is 25.5 Å². The predicted octanol–water partition coefficient (Wildman–Crippen LogP) is 1.60. The van der Waals surface area contributed by atoms with Crippen molar-refractivity contribution in [3.63, 3.8) is 0 Å². The molecular weight excluding hydrogens is 496 g/mol. The highest BCUT2D eigenvalue weighted by molar-refractivity contribution is 7.91. The molecule has 0 saturated carbocycles. The molecule has 35 heavy (non-hydrogen) atoms. The number of amides is 1. The van der Waals surface area contributed by atoms with Crippen LogP contribution in [0.5, 0.6) is 5.75 Å². The topological polar surface area (TPSA) is 165 Å². The van der Waals surface area contributed by atoms with E-state index in [1.54, 1.807) is 18.2 Å². The van der Waals surface area contributed by atoms with Crippen molar-refractivity contribution in [3.05, 3.63) is 66.2 Å². The number of hydrogen-bond acceptors (Lipinski definition) is 7. The number of aliphatic hydroxyl groups is 1. The Morgan fingerprint density at radius 1 is 1.11 bits per heavy atom. The molecule has 0 aliphatic carbocycles. The molecule has 1 aliphatic rings. The molecule has 3 rings (SSSR count). The lowest BCUT2D eigenvalue weighted by Gasteiger charge is -2.20. The van der Waals surface area contributed by atoms with Crippen molar-refractivity contribution in [2.24, 2.45) is 0 Å². The molecule has 2 aromatic rings. The molecule has 1 heterocycles. The molecule has 2 aromatic carbocycles. The van der Waals surface area contributed by atoms with Crippen molar-refractivity contribution in [1.82, 2.24) is 14.8 Å². The zero-order chi connectivity index (χ0) is 25.6. The number of phenols is 1. The van der Waals surface area contributed by atoms with Crippen LogP contribution in [0, 0.1) is 0 Å². The summed E-state index contributed by atoms with van der Waals surface area (Å²) in [5.74, 6) is -1.57. The first-order chi connectivity index (χ1) is 16.5. The van der Waals surface area contributed by atoms with Crippen molar-refractivity contribution in [2.75, 3.05) is 10.8 Å². The molecule has 0 aromatic heterocycles. The van der Waals surface area contributed by atoms with Gasteiger partial charge in [0.2, 0.25) is 21.8 Å². The first-order valence-electron chi connectivity index (χ1n) is 10.9. The largest absolute Gasteiger partial charge is 0.506 e. The van der Waals surface area contributed by atoms with E-state index in [1.807, 2.05) is 11.6 Å². The maximum absolute atomic E-state index is 12.9. The highest BCUT2D eigenvalue weighted by Gasteiger charge is 2.31. The molecule has 0 saturated heterocycles. The van der Waals surface area contributed by atoms with Crippen molar-refractivity contribution in [1.29, 1.82) is 0 Å². The summed E-state index contributed by atoms with van der Waals surface area (Å²) in [6.45, 7) is 2.41. The zero-order valence-electron chi connectivity index (χ0n) is 19.0. The van der Waals surface area contributed by atoms with E-state index in [-0.39, 0.29) is 17.0 Å². The second kappa shape index (κ2) is 11.0. The minimum Gasteiger partial charge on any atom is -0.506 e. The number of phenolic OH excluding ortho intramolecular Hbond substituents is 1. The third kappa shape index (κ3) is 6.65. The summed E-state index contributed by atoms with van der Waals surface area (Å²) in [5, 5.41) is 22.7. The fraction of sp³-hybridized carbons (Fsp3) is 0.318. The van der Waals surface area contributed by atoms with Gasteiger partial charge in [-0.05, 0) is 42.7 Å². The van der Waals surface area contributed by atoms with Crippen LogP contribution in [0.1, 0.15) is 31.7 Å². The lowest BCUT2D eigenvalue weighted by Crippen LogP contribution is -2.48. The van der Waals surface area contributed by atoms with Crippen molar-refractivity contribution in [2.45, 2.75) is 43.5 Å². The van der Waals surface area contributed by atoms with Crippen LogP contribution in [0.4, 0.5) is 5.69 Å². The van der Waals surface area contributed by atoms with Crippen LogP contribution in [0.15, 0.2) is 65.5 Å². The molecule has 0 spiro atoms. The Bertz CT molecular complexity index is 1300. The van der Waals surface area contributed by atoms with Crippen LogP contribution >= 0.6 is 0 Å². The number of hydrogen-bond donors (Lipinski definition) is 5. The molecule has 5 N–H and O–H groups in total. The lowest BCUT2D eigenvalue weighted by molar-refractivity contribution is -0.122. The summed E-state index contributed by atoms with van der Waals surface area (Å²) in [6.07, 6.45) is 3.40. The molecular formula is C22H28N4O7S2. The maximum Gasteiger partial charge on any atom is 0.330 e. The highest BCUT2D eigenvalue weighted by Crippen LogP contribution is 2.32. The second-order valence-electron chi connectivity index (χ2n) is 7.93. The molecule has 0 bridgehead atoms. The van der Waals surface area contributed by atoms with Crippen LogP contribution in [0.25, 0.3) is 0 Å². The average Bonchev–Trinajstić information content (AvgIpc) is 3.08. The molecule has 190 valence electrons. The number of nitrogens with one attached hydrogen (secondary N) is 3. The van der Waals surface area contributed by atoms with Crippen LogP contribution in [-0.4, -0.2) is 45.5 Å². The number of nitrogens with zero attached hydrogens (tertiary/aromatic N) is 1. The number of sulfonamides is 1. The quantitative estimate of drug-likeness (QED) is 0.279. The van der Waals surface area contributed by atoms with Crippen molar-refractivity contribution < 1.29 is 31.8 Å². The first-order valence-corrected chi connectivity index (χ1v) is 13.9. The van der Waals surface area contributed by atoms with Crippen LogP contribution < -0.4 is 19.1 Å². The van der Waals surface area contributed by atoms with Gasteiger partial charge in [0.25, 0.3) is 0 Å². The smallest absolute Gasteiger partial charge is 0.330 e. The van der Waals surface area contributed by atoms with Gasteiger partial charge in [-0.15, -0.1) is 0 Å². The predicted molar refractivity (Wildman–Crippen MR) is 130 cm³/mol. The minimum atomic E-state index is -4.11. The number of benzene rings is 2. The van der Waals surface area contributed by atoms with Crippen molar-refractivity contribution >= 4 is 31.8 Å². The monoisotopic (exact) mass is 524 g/mol. The number of unbranched alkanes of at least 4 members (excludes halogenated alkanes) is 2. The fourth-order valence-electron chi connectivity index (χ4n) is 3.46. The summed E-state index contributed by atoms with van der Waals surface area (Å²) in [6, 6.07) is 10.4. The molecule has 1 amide bonds. The fourth-order valence-corrected chi connectivity index (χ4v) is 5.74. The maximum atomic E-state index is 12.9. The Kier molecular flexibility index (Phi) is 8.25. The van der Waals surface area contributed by atoms with Gasteiger partial charge >= 0.3 is 10.2 Å². The Morgan fingerprint density at radius 3 is 2.43 bits per heavy atom. The van der Waals surface area contributed by atoms with Gasteiger partial charge in [0, 0.05) is 6.54 Å². The average molecular weight is 525 g/mol. The van der Waals surface area contributed by atoms with E-state index in [1.165, 1.54) is 30.3 Å². The van der Waals surface area contributed by atoms with Crippen LogP contribution in [-0.2, 0) is 31.4 Å². The third-order valence-electron chi connectivity index (χ3n) is 5.20. The van der Waals surface area contributed by atoms with E-state index < -0.39 is 43.8 Å². The van der Waals surface area contributed by atoms with Gasteiger partial charge in [-0.3, -0.25) is 4.79 Å². The number of rotatable bonds is 11. The summed E-state index contributed by atoms with van der Waals surface area (Å²) in [7, 11) is -8.12.